The average Bonchev–Trinajstić information content (AvgIpc) is 2.52. The lowest BCUT2D eigenvalue weighted by Crippen LogP contribution is -2.45. The zero-order valence-electron chi connectivity index (χ0n) is 9.55. The Balaban J connectivity index is 1.79. The predicted molar refractivity (Wildman–Crippen MR) is 60.4 cm³/mol. The van der Waals surface area contributed by atoms with Gasteiger partial charge in [-0.2, -0.15) is 0 Å². The van der Waals surface area contributed by atoms with E-state index in [1.54, 1.807) is 0 Å². The molecule has 0 spiro atoms. The molecule has 0 aromatic heterocycles. The number of rotatable bonds is 2. The first-order valence-corrected chi connectivity index (χ1v) is 6.24. The van der Waals surface area contributed by atoms with E-state index in [0.29, 0.717) is 0 Å². The Kier molecular flexibility index (Phi) is 3.45. The topological polar surface area (TPSA) is 24.1 Å². The number of piperidine rings is 1. The van der Waals surface area contributed by atoms with Crippen LogP contribution in [0, 0.1) is 11.8 Å². The lowest BCUT2D eigenvalue weighted by atomic mass is 9.96. The van der Waals surface area contributed by atoms with Gasteiger partial charge < -0.3 is 10.6 Å². The van der Waals surface area contributed by atoms with Gasteiger partial charge in [-0.1, -0.05) is 13.8 Å². The summed E-state index contributed by atoms with van der Waals surface area (Å²) in [5, 5.41) is 7.28. The second kappa shape index (κ2) is 4.63. The maximum absolute atomic E-state index is 3.86. The van der Waals surface area contributed by atoms with Crippen LogP contribution in [0.3, 0.4) is 0 Å². The van der Waals surface area contributed by atoms with E-state index < -0.39 is 0 Å². The summed E-state index contributed by atoms with van der Waals surface area (Å²) in [7, 11) is 0. The van der Waals surface area contributed by atoms with Crippen LogP contribution in [-0.2, 0) is 0 Å². The van der Waals surface area contributed by atoms with Gasteiger partial charge in [0.25, 0.3) is 0 Å². The van der Waals surface area contributed by atoms with Crippen molar-refractivity contribution in [3.63, 3.8) is 0 Å². The monoisotopic (exact) mass is 196 g/mol. The average molecular weight is 196 g/mol. The quantitative estimate of drug-likeness (QED) is 0.703. The molecule has 2 nitrogen and oxygen atoms in total. The molecule has 3 unspecified atom stereocenters. The van der Waals surface area contributed by atoms with Gasteiger partial charge in [-0.25, -0.2) is 0 Å². The summed E-state index contributed by atoms with van der Waals surface area (Å²) in [5.41, 5.74) is 0. The lowest BCUT2D eigenvalue weighted by Gasteiger charge is -2.29. The van der Waals surface area contributed by atoms with Gasteiger partial charge in [-0.05, 0) is 50.6 Å². The second-order valence-electron chi connectivity index (χ2n) is 5.21. The molecule has 0 amide bonds. The maximum atomic E-state index is 3.86. The van der Waals surface area contributed by atoms with E-state index in [2.05, 4.69) is 24.5 Å². The normalized spacial score (nSPS) is 40.3. The number of hydrogen-bond acceptors (Lipinski definition) is 2. The van der Waals surface area contributed by atoms with Gasteiger partial charge in [0.05, 0.1) is 0 Å². The van der Waals surface area contributed by atoms with Gasteiger partial charge in [0.15, 0.2) is 0 Å². The van der Waals surface area contributed by atoms with Crippen LogP contribution >= 0.6 is 0 Å². The molecule has 0 aromatic carbocycles. The Morgan fingerprint density at radius 1 is 1.00 bits per heavy atom. The highest BCUT2D eigenvalue weighted by atomic mass is 15.0. The van der Waals surface area contributed by atoms with Crippen LogP contribution in [0.5, 0.6) is 0 Å². The van der Waals surface area contributed by atoms with Crippen LogP contribution < -0.4 is 10.6 Å². The third-order valence-corrected chi connectivity index (χ3v) is 4.25. The van der Waals surface area contributed by atoms with Crippen molar-refractivity contribution in [1.82, 2.24) is 10.6 Å². The Bertz CT molecular complexity index is 175. The van der Waals surface area contributed by atoms with Crippen molar-refractivity contribution in [2.45, 2.75) is 51.6 Å². The summed E-state index contributed by atoms with van der Waals surface area (Å²) in [6.07, 6.45) is 5.45. The molecule has 0 bridgehead atoms. The van der Waals surface area contributed by atoms with Crippen molar-refractivity contribution < 1.29 is 0 Å². The standard InChI is InChI=1S/C12H24N2/c1-9-3-4-12(10(9)2)14-11-5-7-13-8-6-11/h9-14H,3-8H2,1-2H3. The van der Waals surface area contributed by atoms with Crippen LogP contribution in [-0.4, -0.2) is 25.2 Å². The third-order valence-electron chi connectivity index (χ3n) is 4.25. The molecule has 1 saturated carbocycles. The van der Waals surface area contributed by atoms with Crippen molar-refractivity contribution >= 4 is 0 Å². The fraction of sp³-hybridized carbons (Fsp3) is 1.00. The van der Waals surface area contributed by atoms with E-state index in [1.165, 1.54) is 38.8 Å². The Hall–Kier alpha value is -0.0800. The van der Waals surface area contributed by atoms with E-state index in [4.69, 9.17) is 0 Å². The molecule has 2 rings (SSSR count). The summed E-state index contributed by atoms with van der Waals surface area (Å²) in [4.78, 5) is 0. The van der Waals surface area contributed by atoms with Crippen LogP contribution in [0.15, 0.2) is 0 Å². The molecule has 0 radical (unpaired) electrons. The molecular weight excluding hydrogens is 172 g/mol. The molecule has 0 aromatic rings. The summed E-state index contributed by atoms with van der Waals surface area (Å²) >= 11 is 0. The molecule has 14 heavy (non-hydrogen) atoms. The lowest BCUT2D eigenvalue weighted by molar-refractivity contribution is 0.299. The Labute approximate surface area is 87.8 Å². The van der Waals surface area contributed by atoms with Gasteiger partial charge in [-0.3, -0.25) is 0 Å². The van der Waals surface area contributed by atoms with Crippen molar-refractivity contribution in [3.8, 4) is 0 Å². The van der Waals surface area contributed by atoms with Crippen LogP contribution in [0.4, 0.5) is 0 Å². The summed E-state index contributed by atoms with van der Waals surface area (Å²) in [5.74, 6) is 1.80. The number of hydrogen-bond donors (Lipinski definition) is 2. The van der Waals surface area contributed by atoms with Crippen LogP contribution in [0.25, 0.3) is 0 Å². The number of nitrogens with one attached hydrogen (secondary N) is 2. The first-order chi connectivity index (χ1) is 6.77. The SMILES string of the molecule is CC1CCC(NC2CCNCC2)C1C. The predicted octanol–water partition coefficient (Wildman–Crippen LogP) is 1.76. The van der Waals surface area contributed by atoms with Gasteiger partial charge >= 0.3 is 0 Å². The zero-order valence-corrected chi connectivity index (χ0v) is 9.55. The summed E-state index contributed by atoms with van der Waals surface area (Å²) < 4.78 is 0. The highest BCUT2D eigenvalue weighted by Crippen LogP contribution is 2.31. The minimum Gasteiger partial charge on any atom is -0.317 e. The molecule has 1 saturated heterocycles. The van der Waals surface area contributed by atoms with Gasteiger partial charge in [0.2, 0.25) is 0 Å². The minimum atomic E-state index is 0.786. The fourth-order valence-electron chi connectivity index (χ4n) is 2.89. The van der Waals surface area contributed by atoms with E-state index in [1.807, 2.05) is 0 Å². The highest BCUT2D eigenvalue weighted by molar-refractivity contribution is 4.88. The fourth-order valence-corrected chi connectivity index (χ4v) is 2.89. The Morgan fingerprint density at radius 3 is 2.29 bits per heavy atom. The second-order valence-corrected chi connectivity index (χ2v) is 5.21. The van der Waals surface area contributed by atoms with Crippen molar-refractivity contribution in [1.29, 1.82) is 0 Å². The molecule has 1 aliphatic carbocycles. The molecular formula is C12H24N2. The largest absolute Gasteiger partial charge is 0.317 e. The summed E-state index contributed by atoms with van der Waals surface area (Å²) in [6, 6.07) is 1.59. The minimum absolute atomic E-state index is 0.786. The molecule has 1 heterocycles. The molecule has 3 atom stereocenters. The molecule has 1 aliphatic heterocycles. The van der Waals surface area contributed by atoms with Crippen molar-refractivity contribution in [3.05, 3.63) is 0 Å². The molecule has 2 heteroatoms. The van der Waals surface area contributed by atoms with Gasteiger partial charge in [0, 0.05) is 12.1 Å². The maximum Gasteiger partial charge on any atom is 0.00979 e. The van der Waals surface area contributed by atoms with Gasteiger partial charge in [0.1, 0.15) is 0 Å². The first-order valence-electron chi connectivity index (χ1n) is 6.24. The third kappa shape index (κ3) is 2.29. The van der Waals surface area contributed by atoms with Crippen molar-refractivity contribution in [2.24, 2.45) is 11.8 Å². The van der Waals surface area contributed by atoms with Crippen LogP contribution in [0.2, 0.25) is 0 Å². The smallest absolute Gasteiger partial charge is 0.00979 e. The van der Waals surface area contributed by atoms with E-state index in [-0.39, 0.29) is 0 Å². The zero-order chi connectivity index (χ0) is 9.97. The first kappa shape index (κ1) is 10.4. The molecule has 2 aliphatic rings. The molecule has 2 N–H and O–H groups in total. The van der Waals surface area contributed by atoms with Crippen molar-refractivity contribution in [2.75, 3.05) is 13.1 Å². The van der Waals surface area contributed by atoms with E-state index in [9.17, 15) is 0 Å². The van der Waals surface area contributed by atoms with Gasteiger partial charge in [-0.15, -0.1) is 0 Å². The highest BCUT2D eigenvalue weighted by Gasteiger charge is 2.31. The van der Waals surface area contributed by atoms with E-state index in [0.717, 1.165) is 23.9 Å². The summed E-state index contributed by atoms with van der Waals surface area (Å²) in [6.45, 7) is 7.22. The van der Waals surface area contributed by atoms with Crippen LogP contribution in [0.1, 0.15) is 39.5 Å². The molecule has 2 fully saturated rings. The Morgan fingerprint density at radius 2 is 1.71 bits per heavy atom. The molecule has 82 valence electrons. The van der Waals surface area contributed by atoms with E-state index >= 15 is 0 Å².